The molecule has 0 bridgehead atoms. The van der Waals surface area contributed by atoms with Gasteiger partial charge in [0.25, 0.3) is 0 Å². The van der Waals surface area contributed by atoms with Gasteiger partial charge >= 0.3 is 206 Å². The summed E-state index contributed by atoms with van der Waals surface area (Å²) in [5, 5.41) is 4.45. The topological polar surface area (TPSA) is 23.6 Å². The number of piperazine rings is 1. The first-order valence-electron chi connectivity index (χ1n) is 12.8. The van der Waals surface area contributed by atoms with E-state index in [4.69, 9.17) is 0 Å². The number of benzene rings is 3. The number of unbranched alkanes of at least 4 members (excludes halogenated alkanes) is 3. The second-order valence-corrected chi connectivity index (χ2v) is 13.6. The van der Waals surface area contributed by atoms with Gasteiger partial charge in [-0.3, -0.25) is 0 Å². The Labute approximate surface area is 206 Å². The van der Waals surface area contributed by atoms with Gasteiger partial charge in [0.15, 0.2) is 0 Å². The summed E-state index contributed by atoms with van der Waals surface area (Å²) in [6.45, 7) is 3.76. The third-order valence-electron chi connectivity index (χ3n) is 7.35. The van der Waals surface area contributed by atoms with Gasteiger partial charge in [-0.2, -0.15) is 0 Å². The third-order valence-corrected chi connectivity index (χ3v) is 12.4. The molecule has 0 atom stereocenters. The molecule has 1 heterocycles. The van der Waals surface area contributed by atoms with Crippen molar-refractivity contribution in [2.24, 2.45) is 0 Å². The Kier molecular flexibility index (Phi) is 8.91. The zero-order valence-electron chi connectivity index (χ0n) is 20.5. The van der Waals surface area contributed by atoms with Crippen molar-refractivity contribution in [2.75, 3.05) is 39.4 Å². The zero-order chi connectivity index (χ0) is 23.6. The van der Waals surface area contributed by atoms with Crippen molar-refractivity contribution >= 4 is 29.1 Å². The van der Waals surface area contributed by atoms with Crippen molar-refractivity contribution in [1.82, 2.24) is 9.80 Å². The Morgan fingerprint density at radius 1 is 0.647 bits per heavy atom. The van der Waals surface area contributed by atoms with Gasteiger partial charge in [-0.1, -0.05) is 0 Å². The molecular weight excluding hydrogens is 435 g/mol. The Hall–Kier alpha value is -2.48. The number of amides is 1. The fourth-order valence-corrected chi connectivity index (χ4v) is 10.3. The first-order chi connectivity index (χ1) is 16.7. The molecule has 1 aliphatic rings. The van der Waals surface area contributed by atoms with Crippen LogP contribution in [0.1, 0.15) is 32.1 Å². The SMILES string of the molecule is CN1CCN(C(=O)CCCCCC[PH](c2ccccc2)(c2ccccc2)c2ccccc2)CC1. The molecule has 0 unspecified atom stereocenters. The van der Waals surface area contributed by atoms with Gasteiger partial charge in [0.2, 0.25) is 0 Å². The summed E-state index contributed by atoms with van der Waals surface area (Å²) in [4.78, 5) is 16.9. The van der Waals surface area contributed by atoms with Gasteiger partial charge in [-0.05, 0) is 0 Å². The van der Waals surface area contributed by atoms with Crippen LogP contribution in [0, 0.1) is 0 Å². The van der Waals surface area contributed by atoms with Crippen molar-refractivity contribution in [1.29, 1.82) is 0 Å². The maximum atomic E-state index is 12.6. The fourth-order valence-electron chi connectivity index (χ4n) is 5.33. The fraction of sp³-hybridized carbons (Fsp3) is 0.367. The van der Waals surface area contributed by atoms with E-state index in [1.807, 2.05) is 0 Å². The van der Waals surface area contributed by atoms with Crippen LogP contribution in [-0.4, -0.2) is 55.1 Å². The molecule has 1 fully saturated rings. The average Bonchev–Trinajstić information content (AvgIpc) is 2.90. The van der Waals surface area contributed by atoms with E-state index in [1.165, 1.54) is 34.9 Å². The maximum absolute atomic E-state index is 12.6. The molecule has 180 valence electrons. The zero-order valence-corrected chi connectivity index (χ0v) is 21.5. The van der Waals surface area contributed by atoms with E-state index in [9.17, 15) is 4.79 Å². The molecule has 4 rings (SSSR count). The molecule has 1 amide bonds. The van der Waals surface area contributed by atoms with Crippen LogP contribution in [0.2, 0.25) is 0 Å². The average molecular weight is 475 g/mol. The van der Waals surface area contributed by atoms with Crippen LogP contribution >= 0.6 is 7.26 Å². The minimum absolute atomic E-state index is 0.342. The third kappa shape index (κ3) is 5.95. The van der Waals surface area contributed by atoms with Crippen molar-refractivity contribution in [2.45, 2.75) is 32.1 Å². The number of rotatable bonds is 10. The normalized spacial score (nSPS) is 15.3. The summed E-state index contributed by atoms with van der Waals surface area (Å²) >= 11 is 0. The molecule has 0 N–H and O–H groups in total. The summed E-state index contributed by atoms with van der Waals surface area (Å²) in [5.74, 6) is 0.342. The molecule has 0 spiro atoms. The van der Waals surface area contributed by atoms with E-state index in [1.54, 1.807) is 0 Å². The Morgan fingerprint density at radius 3 is 1.56 bits per heavy atom. The summed E-state index contributed by atoms with van der Waals surface area (Å²) in [6, 6.07) is 33.5. The monoisotopic (exact) mass is 474 g/mol. The van der Waals surface area contributed by atoms with E-state index in [0.717, 1.165) is 39.0 Å². The number of nitrogens with zero attached hydrogens (tertiary/aromatic N) is 2. The van der Waals surface area contributed by atoms with Gasteiger partial charge < -0.3 is 0 Å². The molecule has 3 aromatic rings. The molecular formula is C30H39N2OP. The number of carbonyl (C=O) groups excluding carboxylic acids is 1. The van der Waals surface area contributed by atoms with Crippen LogP contribution in [0.4, 0.5) is 0 Å². The van der Waals surface area contributed by atoms with Crippen molar-refractivity contribution < 1.29 is 4.79 Å². The van der Waals surface area contributed by atoms with Crippen LogP contribution in [0.3, 0.4) is 0 Å². The van der Waals surface area contributed by atoms with Crippen LogP contribution in [0.25, 0.3) is 0 Å². The number of carbonyl (C=O) groups is 1. The molecule has 3 nitrogen and oxygen atoms in total. The molecule has 3 aromatic carbocycles. The second kappa shape index (κ2) is 12.3. The minimum atomic E-state index is -2.12. The molecule has 0 aliphatic carbocycles. The number of likely N-dealkylation sites (N-methyl/N-ethyl adjacent to an activating group) is 1. The van der Waals surface area contributed by atoms with Gasteiger partial charge in [0.1, 0.15) is 0 Å². The van der Waals surface area contributed by atoms with Gasteiger partial charge in [0.05, 0.1) is 0 Å². The molecule has 0 aromatic heterocycles. The molecule has 0 saturated carbocycles. The molecule has 34 heavy (non-hydrogen) atoms. The predicted molar refractivity (Wildman–Crippen MR) is 149 cm³/mol. The van der Waals surface area contributed by atoms with Crippen LogP contribution in [0.5, 0.6) is 0 Å². The quantitative estimate of drug-likeness (QED) is 0.321. The van der Waals surface area contributed by atoms with Crippen molar-refractivity contribution in [3.8, 4) is 0 Å². The predicted octanol–water partition coefficient (Wildman–Crippen LogP) is 4.44. The number of hydrogen-bond donors (Lipinski definition) is 0. The van der Waals surface area contributed by atoms with E-state index < -0.39 is 7.26 Å². The molecule has 4 heteroatoms. The summed E-state index contributed by atoms with van der Waals surface area (Å²) in [7, 11) is 0.0115. The van der Waals surface area contributed by atoms with E-state index in [0.29, 0.717) is 12.3 Å². The van der Waals surface area contributed by atoms with E-state index in [2.05, 4.69) is 108 Å². The van der Waals surface area contributed by atoms with E-state index in [-0.39, 0.29) is 0 Å². The Morgan fingerprint density at radius 2 is 1.09 bits per heavy atom. The summed E-state index contributed by atoms with van der Waals surface area (Å²) in [5.41, 5.74) is 0. The van der Waals surface area contributed by atoms with Crippen LogP contribution < -0.4 is 15.9 Å². The molecule has 0 radical (unpaired) electrons. The Bertz CT molecular complexity index is 905. The van der Waals surface area contributed by atoms with Crippen LogP contribution in [0.15, 0.2) is 91.0 Å². The molecule has 1 aliphatic heterocycles. The summed E-state index contributed by atoms with van der Waals surface area (Å²) in [6.07, 6.45) is 6.38. The van der Waals surface area contributed by atoms with Crippen molar-refractivity contribution in [3.05, 3.63) is 91.0 Å². The number of hydrogen-bond acceptors (Lipinski definition) is 2. The van der Waals surface area contributed by atoms with Crippen LogP contribution in [-0.2, 0) is 4.79 Å². The van der Waals surface area contributed by atoms with Crippen molar-refractivity contribution in [3.63, 3.8) is 0 Å². The van der Waals surface area contributed by atoms with Gasteiger partial charge in [-0.15, -0.1) is 0 Å². The first kappa shape index (κ1) is 24.6. The van der Waals surface area contributed by atoms with E-state index >= 15 is 0 Å². The Balaban J connectivity index is 1.42. The summed E-state index contributed by atoms with van der Waals surface area (Å²) < 4.78 is 0. The first-order valence-corrected chi connectivity index (χ1v) is 15.0. The standard InChI is InChI=1S/C30H39N2OP/c1-31-22-24-32(25-23-31)30(33)21-13-2-3-14-26-34(27-15-7-4-8-16-27,28-17-9-5-10-18-28)29-19-11-6-12-20-29/h4-12,15-20,34H,2-3,13-14,21-26H2,1H3. The second-order valence-electron chi connectivity index (χ2n) is 9.60. The van der Waals surface area contributed by atoms with Gasteiger partial charge in [-0.25, -0.2) is 0 Å². The van der Waals surface area contributed by atoms with Gasteiger partial charge in [0, 0.05) is 0 Å². The molecule has 1 saturated heterocycles.